The van der Waals surface area contributed by atoms with E-state index < -0.39 is 16.1 Å². The average molecular weight is 409 g/mol. The van der Waals surface area contributed by atoms with E-state index in [9.17, 15) is 13.2 Å². The Bertz CT molecular complexity index is 978. The first-order valence-corrected chi connectivity index (χ1v) is 10.3. The Hall–Kier alpha value is -2.29. The molecule has 4 rings (SSSR count). The number of sulfonamides is 1. The predicted octanol–water partition coefficient (Wildman–Crippen LogP) is 2.19. The molecule has 1 atom stereocenters. The van der Waals surface area contributed by atoms with Crippen molar-refractivity contribution in [2.24, 2.45) is 0 Å². The Morgan fingerprint density at radius 3 is 2.48 bits per heavy atom. The zero-order valence-corrected chi connectivity index (χ0v) is 15.8. The fourth-order valence-electron chi connectivity index (χ4n) is 3.14. The van der Waals surface area contributed by atoms with E-state index in [4.69, 9.17) is 21.1 Å². The van der Waals surface area contributed by atoms with Crippen molar-refractivity contribution in [3.63, 3.8) is 0 Å². The molecule has 0 aromatic heterocycles. The summed E-state index contributed by atoms with van der Waals surface area (Å²) in [6, 6.07) is 10.6. The highest BCUT2D eigenvalue weighted by Gasteiger charge is 2.34. The number of carbonyl (C=O) groups is 1. The van der Waals surface area contributed by atoms with Crippen molar-refractivity contribution >= 4 is 33.2 Å². The smallest absolute Gasteiger partial charge is 0.240 e. The second kappa shape index (κ2) is 7.03. The minimum atomic E-state index is -3.74. The summed E-state index contributed by atoms with van der Waals surface area (Å²) in [5, 5.41) is 0.453. The molecular weight excluding hydrogens is 392 g/mol. The number of hydrogen-bond acceptors (Lipinski definition) is 5. The molecule has 0 bridgehead atoms. The number of anilines is 1. The molecular formula is C18H17ClN2O5S. The monoisotopic (exact) mass is 408 g/mol. The van der Waals surface area contributed by atoms with E-state index in [1.165, 1.54) is 24.3 Å². The highest BCUT2D eigenvalue weighted by atomic mass is 35.5. The first-order chi connectivity index (χ1) is 12.9. The highest BCUT2D eigenvalue weighted by Crippen LogP contribution is 2.35. The quantitative estimate of drug-likeness (QED) is 0.838. The Labute approximate surface area is 161 Å². The standard InChI is InChI=1S/C18H17ClN2O5S/c19-12-1-4-15(5-2-12)27(23,24)20-13-9-18(22)21(11-13)14-3-6-16-17(10-14)26-8-7-25-16/h1-6,10,13,20H,7-9,11H2. The number of amides is 1. The summed E-state index contributed by atoms with van der Waals surface area (Å²) in [7, 11) is -3.74. The van der Waals surface area contributed by atoms with E-state index in [0.29, 0.717) is 35.4 Å². The fraction of sp³-hybridized carbons (Fsp3) is 0.278. The molecule has 1 N–H and O–H groups in total. The molecule has 2 aromatic rings. The molecule has 142 valence electrons. The summed E-state index contributed by atoms with van der Waals surface area (Å²) in [5.74, 6) is 1.06. The molecule has 0 spiro atoms. The Morgan fingerprint density at radius 1 is 1.04 bits per heavy atom. The van der Waals surface area contributed by atoms with E-state index in [2.05, 4.69) is 4.72 Å². The lowest BCUT2D eigenvalue weighted by molar-refractivity contribution is -0.117. The zero-order valence-electron chi connectivity index (χ0n) is 14.2. The molecule has 2 heterocycles. The van der Waals surface area contributed by atoms with Crippen molar-refractivity contribution in [1.82, 2.24) is 4.72 Å². The minimum Gasteiger partial charge on any atom is -0.486 e. The van der Waals surface area contributed by atoms with Crippen molar-refractivity contribution in [2.75, 3.05) is 24.7 Å². The Kier molecular flexibility index (Phi) is 4.71. The van der Waals surface area contributed by atoms with Crippen LogP contribution in [0.5, 0.6) is 11.5 Å². The third-order valence-corrected chi connectivity index (χ3v) is 6.20. The summed E-state index contributed by atoms with van der Waals surface area (Å²) < 4.78 is 38.7. The second-order valence-electron chi connectivity index (χ2n) is 6.31. The number of halogens is 1. The third-order valence-electron chi connectivity index (χ3n) is 4.41. The maximum absolute atomic E-state index is 12.5. The molecule has 2 aliphatic heterocycles. The maximum Gasteiger partial charge on any atom is 0.240 e. The first kappa shape index (κ1) is 18.1. The Balaban J connectivity index is 1.50. The number of ether oxygens (including phenoxy) is 2. The van der Waals surface area contributed by atoms with Crippen molar-refractivity contribution in [2.45, 2.75) is 17.4 Å². The summed E-state index contributed by atoms with van der Waals surface area (Å²) in [5.41, 5.74) is 0.650. The second-order valence-corrected chi connectivity index (χ2v) is 8.46. The van der Waals surface area contributed by atoms with Gasteiger partial charge in [-0.3, -0.25) is 4.79 Å². The number of fused-ring (bicyclic) bond motifs is 1. The van der Waals surface area contributed by atoms with Crippen LogP contribution in [0.2, 0.25) is 5.02 Å². The van der Waals surface area contributed by atoms with E-state index in [1.54, 1.807) is 23.1 Å². The van der Waals surface area contributed by atoms with Crippen LogP contribution in [0.25, 0.3) is 0 Å². The summed E-state index contributed by atoms with van der Waals surface area (Å²) in [6.07, 6.45) is 0.0846. The summed E-state index contributed by atoms with van der Waals surface area (Å²) >= 11 is 5.80. The molecule has 27 heavy (non-hydrogen) atoms. The van der Waals surface area contributed by atoms with Crippen molar-refractivity contribution in [3.8, 4) is 11.5 Å². The van der Waals surface area contributed by atoms with Gasteiger partial charge in [-0.25, -0.2) is 13.1 Å². The van der Waals surface area contributed by atoms with Crippen molar-refractivity contribution < 1.29 is 22.7 Å². The van der Waals surface area contributed by atoms with Gasteiger partial charge in [-0.1, -0.05) is 11.6 Å². The van der Waals surface area contributed by atoms with Gasteiger partial charge in [-0.2, -0.15) is 0 Å². The molecule has 7 nitrogen and oxygen atoms in total. The normalized spacial score (nSPS) is 19.4. The van der Waals surface area contributed by atoms with Crippen LogP contribution in [0.4, 0.5) is 5.69 Å². The molecule has 1 saturated heterocycles. The molecule has 2 aromatic carbocycles. The summed E-state index contributed by atoms with van der Waals surface area (Å²) in [4.78, 5) is 14.1. The molecule has 2 aliphatic rings. The molecule has 0 saturated carbocycles. The zero-order chi connectivity index (χ0) is 19.0. The van der Waals surface area contributed by atoms with Gasteiger partial charge in [0.1, 0.15) is 13.2 Å². The van der Waals surface area contributed by atoms with Crippen LogP contribution in [0, 0.1) is 0 Å². The van der Waals surface area contributed by atoms with Gasteiger partial charge in [0.25, 0.3) is 0 Å². The molecule has 0 radical (unpaired) electrons. The molecule has 0 aliphatic carbocycles. The SMILES string of the molecule is O=C1CC(NS(=O)(=O)c2ccc(Cl)cc2)CN1c1ccc2c(c1)OCCO2. The van der Waals surface area contributed by atoms with Gasteiger partial charge in [0.05, 0.1) is 4.90 Å². The van der Waals surface area contributed by atoms with Gasteiger partial charge in [0.2, 0.25) is 15.9 Å². The van der Waals surface area contributed by atoms with E-state index in [1.807, 2.05) is 0 Å². The van der Waals surface area contributed by atoms with Gasteiger partial charge in [-0.15, -0.1) is 0 Å². The van der Waals surface area contributed by atoms with Crippen LogP contribution in [-0.2, 0) is 14.8 Å². The number of carbonyl (C=O) groups excluding carboxylic acids is 1. The number of benzene rings is 2. The van der Waals surface area contributed by atoms with E-state index >= 15 is 0 Å². The minimum absolute atomic E-state index is 0.0846. The highest BCUT2D eigenvalue weighted by molar-refractivity contribution is 7.89. The van der Waals surface area contributed by atoms with Gasteiger partial charge >= 0.3 is 0 Å². The predicted molar refractivity (Wildman–Crippen MR) is 100.0 cm³/mol. The molecule has 9 heteroatoms. The maximum atomic E-state index is 12.5. The lowest BCUT2D eigenvalue weighted by Gasteiger charge is -2.22. The van der Waals surface area contributed by atoms with Crippen LogP contribution in [-0.4, -0.2) is 40.1 Å². The van der Waals surface area contributed by atoms with E-state index in [-0.39, 0.29) is 23.8 Å². The largest absolute Gasteiger partial charge is 0.486 e. The average Bonchev–Trinajstić information content (AvgIpc) is 3.01. The fourth-order valence-corrected chi connectivity index (χ4v) is 4.49. The summed E-state index contributed by atoms with van der Waals surface area (Å²) in [6.45, 7) is 1.18. The van der Waals surface area contributed by atoms with E-state index in [0.717, 1.165) is 0 Å². The molecule has 1 fully saturated rings. The number of nitrogens with zero attached hydrogens (tertiary/aromatic N) is 1. The lowest BCUT2D eigenvalue weighted by Crippen LogP contribution is -2.37. The van der Waals surface area contributed by atoms with Crippen LogP contribution >= 0.6 is 11.6 Å². The van der Waals surface area contributed by atoms with Crippen molar-refractivity contribution in [1.29, 1.82) is 0 Å². The van der Waals surface area contributed by atoms with Crippen LogP contribution < -0.4 is 19.1 Å². The van der Waals surface area contributed by atoms with Crippen molar-refractivity contribution in [3.05, 3.63) is 47.5 Å². The van der Waals surface area contributed by atoms with Gasteiger partial charge in [0, 0.05) is 35.8 Å². The van der Waals surface area contributed by atoms with Crippen LogP contribution in [0.3, 0.4) is 0 Å². The number of nitrogens with one attached hydrogen (secondary N) is 1. The van der Waals surface area contributed by atoms with Crippen LogP contribution in [0.1, 0.15) is 6.42 Å². The van der Waals surface area contributed by atoms with Gasteiger partial charge in [0.15, 0.2) is 11.5 Å². The van der Waals surface area contributed by atoms with Gasteiger partial charge < -0.3 is 14.4 Å². The van der Waals surface area contributed by atoms with Gasteiger partial charge in [-0.05, 0) is 36.4 Å². The first-order valence-electron chi connectivity index (χ1n) is 8.40. The third kappa shape index (κ3) is 3.73. The Morgan fingerprint density at radius 2 is 1.74 bits per heavy atom. The number of hydrogen-bond donors (Lipinski definition) is 1. The van der Waals surface area contributed by atoms with Crippen LogP contribution in [0.15, 0.2) is 47.4 Å². The molecule has 1 unspecified atom stereocenters. The topological polar surface area (TPSA) is 84.9 Å². The number of rotatable bonds is 4. The molecule has 1 amide bonds. The lowest BCUT2D eigenvalue weighted by atomic mass is 10.2.